The third-order valence-corrected chi connectivity index (χ3v) is 3.32. The molecule has 0 aromatic carbocycles. The number of pyridine rings is 1. The Hall–Kier alpha value is -1.76. The Morgan fingerprint density at radius 3 is 2.89 bits per heavy atom. The number of amidine groups is 1. The van der Waals surface area contributed by atoms with E-state index in [2.05, 4.69) is 15.5 Å². The van der Waals surface area contributed by atoms with Crippen molar-refractivity contribution in [3.05, 3.63) is 29.6 Å². The number of nitrogens with two attached hydrogens (primary N) is 1. The van der Waals surface area contributed by atoms with Crippen molar-refractivity contribution in [2.75, 3.05) is 12.8 Å². The van der Waals surface area contributed by atoms with E-state index < -0.39 is 0 Å². The number of hydrogen-bond acceptors (Lipinski definition) is 5. The lowest BCUT2D eigenvalue weighted by atomic mass is 10.2. The summed E-state index contributed by atoms with van der Waals surface area (Å²) < 4.78 is 0. The van der Waals surface area contributed by atoms with E-state index in [0.717, 1.165) is 0 Å². The van der Waals surface area contributed by atoms with Gasteiger partial charge in [-0.1, -0.05) is 12.1 Å². The minimum atomic E-state index is -0.234. The molecule has 0 saturated carbocycles. The number of oxime groups is 1. The molecule has 0 aliphatic carbocycles. The van der Waals surface area contributed by atoms with E-state index in [1.807, 2.05) is 13.2 Å². The Morgan fingerprint density at radius 1 is 1.67 bits per heavy atom. The van der Waals surface area contributed by atoms with Crippen LogP contribution in [0.5, 0.6) is 0 Å². The third kappa shape index (κ3) is 3.92. The van der Waals surface area contributed by atoms with Crippen LogP contribution in [0.15, 0.2) is 23.5 Å². The van der Waals surface area contributed by atoms with Crippen LogP contribution in [0.1, 0.15) is 23.0 Å². The largest absolute Gasteiger partial charge is 0.409 e. The zero-order chi connectivity index (χ0) is 13.5. The van der Waals surface area contributed by atoms with E-state index in [1.165, 1.54) is 12.3 Å². The molecule has 1 heterocycles. The number of hydrogen-bond donors (Lipinski definition) is 3. The minimum Gasteiger partial charge on any atom is -0.409 e. The van der Waals surface area contributed by atoms with E-state index >= 15 is 0 Å². The van der Waals surface area contributed by atoms with Gasteiger partial charge in [-0.3, -0.25) is 9.78 Å². The highest BCUT2D eigenvalue weighted by Gasteiger charge is 2.09. The van der Waals surface area contributed by atoms with Gasteiger partial charge in [0.1, 0.15) is 5.69 Å². The van der Waals surface area contributed by atoms with Gasteiger partial charge < -0.3 is 16.3 Å². The first kappa shape index (κ1) is 14.3. The molecule has 0 aliphatic heterocycles. The van der Waals surface area contributed by atoms with Crippen LogP contribution in [0.25, 0.3) is 0 Å². The Labute approximate surface area is 110 Å². The molecule has 1 unspecified atom stereocenters. The lowest BCUT2D eigenvalue weighted by Gasteiger charge is -2.09. The van der Waals surface area contributed by atoms with Gasteiger partial charge in [-0.25, -0.2) is 0 Å². The van der Waals surface area contributed by atoms with Crippen molar-refractivity contribution in [1.82, 2.24) is 10.3 Å². The van der Waals surface area contributed by atoms with Gasteiger partial charge in [-0.05, 0) is 18.4 Å². The molecule has 4 N–H and O–H groups in total. The summed E-state index contributed by atoms with van der Waals surface area (Å²) in [6, 6.07) is 3.11. The first-order chi connectivity index (χ1) is 8.58. The lowest BCUT2D eigenvalue weighted by molar-refractivity contribution is 0.0949. The van der Waals surface area contributed by atoms with Crippen LogP contribution in [0, 0.1) is 0 Å². The van der Waals surface area contributed by atoms with Crippen LogP contribution in [0.4, 0.5) is 0 Å². The highest BCUT2D eigenvalue weighted by Crippen LogP contribution is 2.04. The average Bonchev–Trinajstić information content (AvgIpc) is 2.43. The van der Waals surface area contributed by atoms with Gasteiger partial charge in [0, 0.05) is 23.6 Å². The SMILES string of the molecule is CSC(C)CNC(=O)c1ccc(/C(N)=N/O)cn1. The van der Waals surface area contributed by atoms with Crippen molar-refractivity contribution in [3.63, 3.8) is 0 Å². The van der Waals surface area contributed by atoms with Crippen molar-refractivity contribution in [2.45, 2.75) is 12.2 Å². The molecule has 1 aromatic rings. The van der Waals surface area contributed by atoms with Crippen LogP contribution in [-0.4, -0.2) is 40.0 Å². The van der Waals surface area contributed by atoms with Crippen molar-refractivity contribution in [1.29, 1.82) is 0 Å². The second-order valence-electron chi connectivity index (χ2n) is 3.67. The quantitative estimate of drug-likeness (QED) is 0.315. The fourth-order valence-electron chi connectivity index (χ4n) is 1.15. The Balaban J connectivity index is 2.65. The summed E-state index contributed by atoms with van der Waals surface area (Å²) >= 11 is 1.68. The van der Waals surface area contributed by atoms with E-state index in [0.29, 0.717) is 23.1 Å². The Kier molecular flexibility index (Phi) is 5.44. The summed E-state index contributed by atoms with van der Waals surface area (Å²) in [4.78, 5) is 15.7. The fraction of sp³-hybridized carbons (Fsp3) is 0.364. The second kappa shape index (κ2) is 6.85. The molecule has 98 valence electrons. The zero-order valence-corrected chi connectivity index (χ0v) is 11.1. The second-order valence-corrected chi connectivity index (χ2v) is 4.95. The number of amides is 1. The standard InChI is InChI=1S/C11H16N4O2S/c1-7(18-2)5-14-11(16)9-4-3-8(6-13-9)10(12)15-17/h3-4,6-7,17H,5H2,1-2H3,(H2,12,15)(H,14,16). The van der Waals surface area contributed by atoms with Gasteiger partial charge in [0.25, 0.3) is 5.91 Å². The van der Waals surface area contributed by atoms with Crippen molar-refractivity contribution < 1.29 is 10.0 Å². The van der Waals surface area contributed by atoms with Gasteiger partial charge in [-0.2, -0.15) is 11.8 Å². The molecule has 1 amide bonds. The summed E-state index contributed by atoms with van der Waals surface area (Å²) in [6.45, 7) is 2.61. The number of aromatic nitrogens is 1. The number of thioether (sulfide) groups is 1. The molecule has 0 aliphatic rings. The Bertz CT molecular complexity index is 433. The molecule has 7 heteroatoms. The molecular formula is C11H16N4O2S. The molecule has 1 atom stereocenters. The van der Waals surface area contributed by atoms with Gasteiger partial charge in [0.05, 0.1) is 0 Å². The first-order valence-electron chi connectivity index (χ1n) is 5.33. The molecule has 18 heavy (non-hydrogen) atoms. The maximum atomic E-state index is 11.7. The minimum absolute atomic E-state index is 0.0366. The van der Waals surface area contributed by atoms with Crippen LogP contribution in [0.2, 0.25) is 0 Å². The molecule has 0 radical (unpaired) electrons. The molecular weight excluding hydrogens is 252 g/mol. The van der Waals surface area contributed by atoms with Crippen molar-refractivity contribution >= 4 is 23.5 Å². The topological polar surface area (TPSA) is 101 Å². The predicted molar refractivity (Wildman–Crippen MR) is 72.1 cm³/mol. The molecule has 6 nitrogen and oxygen atoms in total. The fourth-order valence-corrected chi connectivity index (χ4v) is 1.40. The maximum absolute atomic E-state index is 11.7. The monoisotopic (exact) mass is 268 g/mol. The van der Waals surface area contributed by atoms with Gasteiger partial charge in [0.2, 0.25) is 0 Å². The smallest absolute Gasteiger partial charge is 0.269 e. The summed E-state index contributed by atoms with van der Waals surface area (Å²) in [7, 11) is 0. The van der Waals surface area contributed by atoms with Gasteiger partial charge >= 0.3 is 0 Å². The molecule has 0 saturated heterocycles. The molecule has 0 bridgehead atoms. The third-order valence-electron chi connectivity index (χ3n) is 2.35. The maximum Gasteiger partial charge on any atom is 0.269 e. The predicted octanol–water partition coefficient (Wildman–Crippen LogP) is 0.657. The summed E-state index contributed by atoms with van der Waals surface area (Å²) in [5.74, 6) is -0.271. The molecule has 0 spiro atoms. The van der Waals surface area contributed by atoms with E-state index in [4.69, 9.17) is 10.9 Å². The van der Waals surface area contributed by atoms with Gasteiger partial charge in [-0.15, -0.1) is 0 Å². The van der Waals surface area contributed by atoms with Crippen molar-refractivity contribution in [2.24, 2.45) is 10.9 Å². The highest BCUT2D eigenvalue weighted by molar-refractivity contribution is 7.99. The normalized spacial score (nSPS) is 13.1. The van der Waals surface area contributed by atoms with Crippen LogP contribution in [-0.2, 0) is 0 Å². The summed E-state index contributed by atoms with van der Waals surface area (Å²) in [5, 5.41) is 14.5. The average molecular weight is 268 g/mol. The van der Waals surface area contributed by atoms with Crippen LogP contribution < -0.4 is 11.1 Å². The summed E-state index contributed by atoms with van der Waals surface area (Å²) in [5.41, 5.74) is 6.16. The van der Waals surface area contributed by atoms with Crippen LogP contribution >= 0.6 is 11.8 Å². The molecule has 1 rings (SSSR count). The van der Waals surface area contributed by atoms with E-state index in [9.17, 15) is 4.79 Å². The number of carbonyl (C=O) groups excluding carboxylic acids is 1. The van der Waals surface area contributed by atoms with E-state index in [-0.39, 0.29) is 11.7 Å². The van der Waals surface area contributed by atoms with Crippen LogP contribution in [0.3, 0.4) is 0 Å². The number of carbonyl (C=O) groups is 1. The Morgan fingerprint density at radius 2 is 2.39 bits per heavy atom. The first-order valence-corrected chi connectivity index (χ1v) is 6.62. The number of rotatable bonds is 5. The van der Waals surface area contributed by atoms with Gasteiger partial charge in [0.15, 0.2) is 5.84 Å². The summed E-state index contributed by atoms with van der Waals surface area (Å²) in [6.07, 6.45) is 3.38. The van der Waals surface area contributed by atoms with Crippen molar-refractivity contribution in [3.8, 4) is 0 Å². The lowest BCUT2D eigenvalue weighted by Crippen LogP contribution is -2.30. The number of nitrogens with one attached hydrogen (secondary N) is 1. The zero-order valence-electron chi connectivity index (χ0n) is 10.3. The highest BCUT2D eigenvalue weighted by atomic mass is 32.2. The van der Waals surface area contributed by atoms with E-state index in [1.54, 1.807) is 17.8 Å². The number of nitrogens with zero attached hydrogens (tertiary/aromatic N) is 2. The molecule has 0 fully saturated rings. The molecule has 1 aromatic heterocycles.